The maximum absolute atomic E-state index is 13.0. The first-order valence-corrected chi connectivity index (χ1v) is 12.5. The van der Waals surface area contributed by atoms with Crippen LogP contribution in [-0.4, -0.2) is 35.2 Å². The number of nitrogens with zero attached hydrogens (tertiary/aromatic N) is 2. The van der Waals surface area contributed by atoms with Crippen LogP contribution in [0, 0.1) is 6.92 Å². The first-order chi connectivity index (χ1) is 18.5. The Hall–Kier alpha value is -4.59. The Labute approximate surface area is 220 Å². The minimum absolute atomic E-state index is 0.0280. The minimum Gasteiger partial charge on any atom is -0.506 e. The van der Waals surface area contributed by atoms with Gasteiger partial charge in [-0.05, 0) is 74.6 Å². The topological polar surface area (TPSA) is 103 Å². The molecule has 1 amide bonds. The zero-order valence-electron chi connectivity index (χ0n) is 21.6. The van der Waals surface area contributed by atoms with Crippen LogP contribution in [0.5, 0.6) is 28.7 Å². The molecule has 8 nitrogen and oxygen atoms in total. The number of fused-ring (bicyclic) bond motifs is 1. The molecule has 194 valence electrons. The van der Waals surface area contributed by atoms with Gasteiger partial charge >= 0.3 is 0 Å². The lowest BCUT2D eigenvalue weighted by atomic mass is 9.91. The number of aromatic nitrogens is 2. The number of carbonyl (C=O) groups excluding carboxylic acids is 1. The molecule has 0 fully saturated rings. The molecular formula is C30H29N3O5. The number of amides is 1. The molecular weight excluding hydrogens is 482 g/mol. The minimum atomic E-state index is -0.428. The van der Waals surface area contributed by atoms with E-state index in [1.807, 2.05) is 13.0 Å². The summed E-state index contributed by atoms with van der Waals surface area (Å²) in [7, 11) is 3.16. The smallest absolute Gasteiger partial charge is 0.261 e. The Morgan fingerprint density at radius 3 is 2.45 bits per heavy atom. The summed E-state index contributed by atoms with van der Waals surface area (Å²) in [6.45, 7) is 1.85. The molecule has 2 N–H and O–H groups in total. The molecule has 0 atom stereocenters. The standard InChI is InChI=1S/C30H29N3O5/c1-18-28(19-7-5-4-6-8-19)29(34)23(17-32-18)30(35)33-20-9-11-21(12-10-20)38-25-13-14-31-24-16-27(37-3)26(36-2)15-22(24)25/h7,9-17H,4-6,8H2,1-3H3,(H,32,34)(H,33,35). The van der Waals surface area contributed by atoms with E-state index in [9.17, 15) is 9.90 Å². The van der Waals surface area contributed by atoms with Crippen LogP contribution in [0.25, 0.3) is 16.5 Å². The number of ether oxygens (including phenoxy) is 3. The molecule has 0 spiro atoms. The highest BCUT2D eigenvalue weighted by atomic mass is 16.5. The highest BCUT2D eigenvalue weighted by molar-refractivity contribution is 6.07. The third-order valence-electron chi connectivity index (χ3n) is 6.64. The largest absolute Gasteiger partial charge is 0.506 e. The first-order valence-electron chi connectivity index (χ1n) is 12.5. The Kier molecular flexibility index (Phi) is 7.13. The summed E-state index contributed by atoms with van der Waals surface area (Å²) < 4.78 is 16.9. The fourth-order valence-electron chi connectivity index (χ4n) is 4.68. The molecule has 8 heteroatoms. The quantitative estimate of drug-likeness (QED) is 0.286. The number of carbonyl (C=O) groups is 1. The Balaban J connectivity index is 1.34. The number of aromatic hydroxyl groups is 1. The van der Waals surface area contributed by atoms with Crippen LogP contribution in [0.15, 0.2) is 60.9 Å². The van der Waals surface area contributed by atoms with Crippen molar-refractivity contribution in [1.82, 2.24) is 9.97 Å². The summed E-state index contributed by atoms with van der Waals surface area (Å²) >= 11 is 0. The van der Waals surface area contributed by atoms with E-state index in [1.54, 1.807) is 56.8 Å². The number of hydrogen-bond acceptors (Lipinski definition) is 7. The van der Waals surface area contributed by atoms with Crippen LogP contribution in [0.2, 0.25) is 0 Å². The van der Waals surface area contributed by atoms with Crippen LogP contribution >= 0.6 is 0 Å². The Morgan fingerprint density at radius 1 is 0.974 bits per heavy atom. The number of pyridine rings is 2. The van der Waals surface area contributed by atoms with Gasteiger partial charge in [0.2, 0.25) is 0 Å². The van der Waals surface area contributed by atoms with Crippen LogP contribution in [0.4, 0.5) is 5.69 Å². The molecule has 0 aliphatic heterocycles. The van der Waals surface area contributed by atoms with Crippen LogP contribution in [0.3, 0.4) is 0 Å². The van der Waals surface area contributed by atoms with Crippen molar-refractivity contribution in [2.45, 2.75) is 32.6 Å². The summed E-state index contributed by atoms with van der Waals surface area (Å²) in [5.41, 5.74) is 3.85. The van der Waals surface area contributed by atoms with Gasteiger partial charge in [-0.3, -0.25) is 14.8 Å². The maximum atomic E-state index is 13.0. The molecule has 0 saturated carbocycles. The summed E-state index contributed by atoms with van der Waals surface area (Å²) in [4.78, 5) is 21.8. The number of methoxy groups -OCH3 is 2. The first kappa shape index (κ1) is 25.1. The second kappa shape index (κ2) is 10.8. The molecule has 0 bridgehead atoms. The van der Waals surface area contributed by atoms with Crippen molar-refractivity contribution in [2.75, 3.05) is 19.5 Å². The van der Waals surface area contributed by atoms with Crippen molar-refractivity contribution in [3.8, 4) is 28.7 Å². The number of allylic oxidation sites excluding steroid dienone is 2. The summed E-state index contributed by atoms with van der Waals surface area (Å²) in [5.74, 6) is 1.89. The highest BCUT2D eigenvalue weighted by Crippen LogP contribution is 2.38. The molecule has 2 aromatic heterocycles. The van der Waals surface area contributed by atoms with E-state index in [2.05, 4.69) is 21.4 Å². The third-order valence-corrected chi connectivity index (χ3v) is 6.64. The molecule has 5 rings (SSSR count). The van der Waals surface area contributed by atoms with Gasteiger partial charge in [0.25, 0.3) is 5.91 Å². The van der Waals surface area contributed by atoms with Crippen molar-refractivity contribution < 1.29 is 24.1 Å². The molecule has 1 aliphatic rings. The molecule has 1 aliphatic carbocycles. The zero-order chi connectivity index (χ0) is 26.6. The number of benzene rings is 2. The zero-order valence-corrected chi connectivity index (χ0v) is 21.6. The molecule has 2 aromatic carbocycles. The molecule has 0 radical (unpaired) electrons. The molecule has 0 saturated heterocycles. The highest BCUT2D eigenvalue weighted by Gasteiger charge is 2.21. The van der Waals surface area contributed by atoms with Crippen LogP contribution in [-0.2, 0) is 0 Å². The lowest BCUT2D eigenvalue weighted by Gasteiger charge is -2.17. The van der Waals surface area contributed by atoms with Crippen LogP contribution in [0.1, 0.15) is 47.3 Å². The number of aryl methyl sites for hydroxylation is 1. The van der Waals surface area contributed by atoms with Gasteiger partial charge in [-0.2, -0.15) is 0 Å². The van der Waals surface area contributed by atoms with E-state index >= 15 is 0 Å². The normalized spacial score (nSPS) is 13.1. The average molecular weight is 512 g/mol. The fourth-order valence-corrected chi connectivity index (χ4v) is 4.68. The molecule has 4 aromatic rings. The number of anilines is 1. The van der Waals surface area contributed by atoms with E-state index < -0.39 is 5.91 Å². The summed E-state index contributed by atoms with van der Waals surface area (Å²) in [6, 6.07) is 12.4. The van der Waals surface area contributed by atoms with Crippen molar-refractivity contribution in [3.05, 3.63) is 77.8 Å². The van der Waals surface area contributed by atoms with Crippen molar-refractivity contribution in [1.29, 1.82) is 0 Å². The molecule has 38 heavy (non-hydrogen) atoms. The second-order valence-electron chi connectivity index (χ2n) is 9.07. The van der Waals surface area contributed by atoms with Gasteiger partial charge in [-0.15, -0.1) is 0 Å². The van der Waals surface area contributed by atoms with Gasteiger partial charge in [0.05, 0.1) is 19.7 Å². The predicted molar refractivity (Wildman–Crippen MR) is 146 cm³/mol. The van der Waals surface area contributed by atoms with Crippen LogP contribution < -0.4 is 19.5 Å². The van der Waals surface area contributed by atoms with Gasteiger partial charge in [-0.25, -0.2) is 0 Å². The van der Waals surface area contributed by atoms with Gasteiger partial charge in [0, 0.05) is 40.8 Å². The monoisotopic (exact) mass is 511 g/mol. The van der Waals surface area contributed by atoms with Crippen molar-refractivity contribution in [2.24, 2.45) is 0 Å². The van der Waals surface area contributed by atoms with E-state index in [0.717, 1.165) is 36.6 Å². The lowest BCUT2D eigenvalue weighted by molar-refractivity contribution is 0.102. The summed E-state index contributed by atoms with van der Waals surface area (Å²) in [5, 5.41) is 14.6. The second-order valence-corrected chi connectivity index (χ2v) is 9.07. The lowest BCUT2D eigenvalue weighted by Crippen LogP contribution is -2.14. The predicted octanol–water partition coefficient (Wildman–Crippen LogP) is 6.66. The number of nitrogens with one attached hydrogen (secondary N) is 1. The van der Waals surface area contributed by atoms with E-state index in [-0.39, 0.29) is 11.3 Å². The molecule has 2 heterocycles. The average Bonchev–Trinajstić information content (AvgIpc) is 2.94. The van der Waals surface area contributed by atoms with Crippen molar-refractivity contribution >= 4 is 28.1 Å². The van der Waals surface area contributed by atoms with Crippen molar-refractivity contribution in [3.63, 3.8) is 0 Å². The molecule has 0 unspecified atom stereocenters. The SMILES string of the molecule is COc1cc2nccc(Oc3ccc(NC(=O)c4cnc(C)c(C5=CCCCC5)c4O)cc3)c2cc1OC. The van der Waals surface area contributed by atoms with Gasteiger partial charge < -0.3 is 24.6 Å². The number of rotatable bonds is 7. The van der Waals surface area contributed by atoms with Gasteiger partial charge in [-0.1, -0.05) is 6.08 Å². The maximum Gasteiger partial charge on any atom is 0.261 e. The number of hydrogen-bond donors (Lipinski definition) is 2. The third kappa shape index (κ3) is 4.98. The van der Waals surface area contributed by atoms with E-state index in [4.69, 9.17) is 14.2 Å². The van der Waals surface area contributed by atoms with E-state index in [0.29, 0.717) is 45.5 Å². The van der Waals surface area contributed by atoms with Gasteiger partial charge in [0.1, 0.15) is 22.8 Å². The Morgan fingerprint density at radius 2 is 1.74 bits per heavy atom. The fraction of sp³-hybridized carbons (Fsp3) is 0.233. The van der Waals surface area contributed by atoms with Gasteiger partial charge in [0.15, 0.2) is 11.5 Å². The summed E-state index contributed by atoms with van der Waals surface area (Å²) in [6.07, 6.45) is 9.25. The van der Waals surface area contributed by atoms with E-state index in [1.165, 1.54) is 6.20 Å². The Bertz CT molecular complexity index is 1530.